The highest BCUT2D eigenvalue weighted by Crippen LogP contribution is 2.43. The highest BCUT2D eigenvalue weighted by atomic mass is 35.5. The Bertz CT molecular complexity index is 1780. The maximum absolute atomic E-state index is 14.0. The van der Waals surface area contributed by atoms with Crippen LogP contribution in [0, 0.1) is 13.8 Å². The summed E-state index contributed by atoms with van der Waals surface area (Å²) in [5, 5.41) is 4.62. The molecule has 6 rings (SSSR count). The number of likely N-dealkylation sites (tertiary alicyclic amines) is 1. The number of nitrogens with zero attached hydrogens (tertiary/aromatic N) is 5. The third-order valence-electron chi connectivity index (χ3n) is 8.64. The summed E-state index contributed by atoms with van der Waals surface area (Å²) in [4.78, 5) is 25.0. The molecule has 1 atom stereocenters. The predicted molar refractivity (Wildman–Crippen MR) is 168 cm³/mol. The summed E-state index contributed by atoms with van der Waals surface area (Å²) in [6, 6.07) is 15.3. The van der Waals surface area contributed by atoms with E-state index in [-0.39, 0.29) is 28.7 Å². The van der Waals surface area contributed by atoms with Gasteiger partial charge in [-0.2, -0.15) is 10.1 Å². The zero-order valence-electron chi connectivity index (χ0n) is 25.0. The Morgan fingerprint density at radius 1 is 1.07 bits per heavy atom. The van der Waals surface area contributed by atoms with Crippen LogP contribution in [-0.4, -0.2) is 58.2 Å². The minimum absolute atomic E-state index is 0.00461. The van der Waals surface area contributed by atoms with Crippen molar-refractivity contribution >= 4 is 33.5 Å². The van der Waals surface area contributed by atoms with Crippen LogP contribution in [0.2, 0.25) is 5.02 Å². The molecule has 2 aromatic heterocycles. The summed E-state index contributed by atoms with van der Waals surface area (Å²) >= 11 is 6.15. The molecule has 44 heavy (non-hydrogen) atoms. The summed E-state index contributed by atoms with van der Waals surface area (Å²) in [5.74, 6) is 0.240. The molecule has 230 valence electrons. The van der Waals surface area contributed by atoms with Crippen molar-refractivity contribution in [2.45, 2.75) is 62.4 Å². The fourth-order valence-corrected chi connectivity index (χ4v) is 7.50. The van der Waals surface area contributed by atoms with E-state index in [1.165, 1.54) is 17.1 Å². The van der Waals surface area contributed by atoms with Gasteiger partial charge in [-0.25, -0.2) is 18.1 Å². The van der Waals surface area contributed by atoms with Crippen LogP contribution in [0.15, 0.2) is 65.8 Å². The average molecular weight is 635 g/mol. The van der Waals surface area contributed by atoms with Gasteiger partial charge in [0, 0.05) is 42.9 Å². The number of halogens is 1. The average Bonchev–Trinajstić information content (AvgIpc) is 3.75. The third kappa shape index (κ3) is 5.90. The van der Waals surface area contributed by atoms with Gasteiger partial charge in [0.05, 0.1) is 23.9 Å². The number of ether oxygens (including phenoxy) is 1. The van der Waals surface area contributed by atoms with E-state index in [1.807, 2.05) is 61.2 Å². The van der Waals surface area contributed by atoms with E-state index in [4.69, 9.17) is 16.3 Å². The summed E-state index contributed by atoms with van der Waals surface area (Å²) < 4.78 is 36.5. The van der Waals surface area contributed by atoms with E-state index < -0.39 is 15.4 Å². The first kappa shape index (κ1) is 30.1. The van der Waals surface area contributed by atoms with E-state index in [9.17, 15) is 13.2 Å². The number of amides is 1. The minimum atomic E-state index is -4.00. The van der Waals surface area contributed by atoms with Crippen LogP contribution in [0.25, 0.3) is 11.3 Å². The van der Waals surface area contributed by atoms with Crippen LogP contribution in [-0.2, 0) is 27.3 Å². The molecule has 1 aliphatic carbocycles. The predicted octanol–water partition coefficient (Wildman–Crippen LogP) is 5.44. The second kappa shape index (κ2) is 11.9. The van der Waals surface area contributed by atoms with Crippen molar-refractivity contribution in [3.8, 4) is 17.1 Å². The largest absolute Gasteiger partial charge is 0.472 e. The minimum Gasteiger partial charge on any atom is -0.472 e. The molecule has 1 unspecified atom stereocenters. The van der Waals surface area contributed by atoms with Crippen molar-refractivity contribution < 1.29 is 17.9 Å². The molecule has 12 heteroatoms. The number of benzene rings is 2. The second-order valence-corrected chi connectivity index (χ2v) is 13.8. The Labute approximate surface area is 262 Å². The molecule has 0 spiro atoms. The van der Waals surface area contributed by atoms with Gasteiger partial charge >= 0.3 is 0 Å². The molecule has 1 N–H and O–H groups in total. The maximum atomic E-state index is 14.0. The van der Waals surface area contributed by atoms with Gasteiger partial charge in [0.2, 0.25) is 17.7 Å². The Morgan fingerprint density at radius 3 is 2.43 bits per heavy atom. The standard InChI is InChI=1S/C32H35ClN6O4S/c1-21-7-6-8-22(2)29(21)27-17-28(36-31(35-27)37-44(41,42)26-18-34-38(3)20-26)43-25-13-16-39(19-25)30(40)32(14-4-5-15-32)23-9-11-24(33)12-10-23/h6-12,17-18,20,25H,4-5,13-16,19H2,1-3H3,(H,35,36,37). The molecule has 1 saturated heterocycles. The van der Waals surface area contributed by atoms with Crippen LogP contribution < -0.4 is 9.46 Å². The molecular formula is C32H35ClN6O4S. The number of hydrogen-bond donors (Lipinski definition) is 1. The molecular weight excluding hydrogens is 600 g/mol. The lowest BCUT2D eigenvalue weighted by Crippen LogP contribution is -2.45. The molecule has 2 aromatic carbocycles. The number of rotatable bonds is 8. The van der Waals surface area contributed by atoms with Crippen molar-refractivity contribution in [1.29, 1.82) is 0 Å². The Kier molecular flexibility index (Phi) is 8.10. The molecule has 3 heterocycles. The topological polar surface area (TPSA) is 119 Å². The number of aromatic nitrogens is 4. The fraction of sp³-hybridized carbons (Fsp3) is 0.375. The number of anilines is 1. The quantitative estimate of drug-likeness (QED) is 0.274. The van der Waals surface area contributed by atoms with Crippen LogP contribution in [0.1, 0.15) is 48.8 Å². The van der Waals surface area contributed by atoms with Gasteiger partial charge in [0.15, 0.2) is 0 Å². The lowest BCUT2D eigenvalue weighted by molar-refractivity contribution is -0.136. The Balaban J connectivity index is 1.27. The van der Waals surface area contributed by atoms with Gasteiger partial charge < -0.3 is 9.64 Å². The normalized spacial score (nSPS) is 18.0. The Morgan fingerprint density at radius 2 is 1.77 bits per heavy atom. The number of aryl methyl sites for hydroxylation is 3. The molecule has 1 saturated carbocycles. The van der Waals surface area contributed by atoms with E-state index >= 15 is 0 Å². The molecule has 1 aliphatic heterocycles. The molecule has 2 fully saturated rings. The van der Waals surface area contributed by atoms with Crippen molar-refractivity contribution in [3.63, 3.8) is 0 Å². The van der Waals surface area contributed by atoms with Gasteiger partial charge in [-0.3, -0.25) is 9.48 Å². The molecule has 0 bridgehead atoms. The summed E-state index contributed by atoms with van der Waals surface area (Å²) in [5.41, 5.74) is 3.83. The summed E-state index contributed by atoms with van der Waals surface area (Å²) in [7, 11) is -2.35. The molecule has 0 radical (unpaired) electrons. The highest BCUT2D eigenvalue weighted by Gasteiger charge is 2.46. The first-order chi connectivity index (χ1) is 21.0. The number of sulfonamides is 1. The molecule has 1 amide bonds. The van der Waals surface area contributed by atoms with E-state index in [0.29, 0.717) is 30.2 Å². The number of hydrogen-bond acceptors (Lipinski definition) is 7. The second-order valence-electron chi connectivity index (χ2n) is 11.7. The first-order valence-corrected chi connectivity index (χ1v) is 16.6. The number of nitrogens with one attached hydrogen (secondary N) is 1. The van der Waals surface area contributed by atoms with Crippen LogP contribution in [0.3, 0.4) is 0 Å². The number of carbonyl (C=O) groups is 1. The number of carbonyl (C=O) groups excluding carboxylic acids is 1. The van der Waals surface area contributed by atoms with Crippen LogP contribution >= 0.6 is 11.6 Å². The van der Waals surface area contributed by atoms with Gasteiger partial charge in [0.25, 0.3) is 10.0 Å². The fourth-order valence-electron chi connectivity index (χ4n) is 6.45. The van der Waals surface area contributed by atoms with Gasteiger partial charge in [-0.15, -0.1) is 0 Å². The van der Waals surface area contributed by atoms with E-state index in [0.717, 1.165) is 47.9 Å². The zero-order chi connectivity index (χ0) is 31.1. The van der Waals surface area contributed by atoms with Crippen LogP contribution in [0.4, 0.5) is 5.95 Å². The lowest BCUT2D eigenvalue weighted by atomic mass is 9.77. The van der Waals surface area contributed by atoms with Crippen molar-refractivity contribution in [2.75, 3.05) is 17.8 Å². The van der Waals surface area contributed by atoms with Crippen molar-refractivity contribution in [3.05, 3.63) is 82.6 Å². The highest BCUT2D eigenvalue weighted by molar-refractivity contribution is 7.92. The van der Waals surface area contributed by atoms with Crippen molar-refractivity contribution in [1.82, 2.24) is 24.6 Å². The smallest absolute Gasteiger partial charge is 0.267 e. The summed E-state index contributed by atoms with van der Waals surface area (Å²) in [6.07, 6.45) is 6.60. The monoisotopic (exact) mass is 634 g/mol. The maximum Gasteiger partial charge on any atom is 0.267 e. The van der Waals surface area contributed by atoms with E-state index in [2.05, 4.69) is 19.8 Å². The van der Waals surface area contributed by atoms with E-state index in [1.54, 1.807) is 13.1 Å². The SMILES string of the molecule is Cc1cccc(C)c1-c1cc(OC2CCN(C(=O)C3(c4ccc(Cl)cc4)CCCC3)C2)nc(NS(=O)(=O)c2cnn(C)c2)n1. The van der Waals surface area contributed by atoms with Gasteiger partial charge in [0.1, 0.15) is 11.0 Å². The molecule has 10 nitrogen and oxygen atoms in total. The van der Waals surface area contributed by atoms with Crippen LogP contribution in [0.5, 0.6) is 5.88 Å². The first-order valence-electron chi connectivity index (χ1n) is 14.7. The van der Waals surface area contributed by atoms with Gasteiger partial charge in [-0.05, 0) is 55.5 Å². The zero-order valence-corrected chi connectivity index (χ0v) is 26.5. The van der Waals surface area contributed by atoms with Gasteiger partial charge in [-0.1, -0.05) is 54.8 Å². The summed E-state index contributed by atoms with van der Waals surface area (Å²) in [6.45, 7) is 4.93. The van der Waals surface area contributed by atoms with Crippen molar-refractivity contribution in [2.24, 2.45) is 7.05 Å². The lowest BCUT2D eigenvalue weighted by Gasteiger charge is -2.33. The molecule has 2 aliphatic rings. The Hall–Kier alpha value is -3.96. The third-order valence-corrected chi connectivity index (χ3v) is 10.2. The molecule has 4 aromatic rings.